The number of aryl methyl sites for hydroxylation is 1. The van der Waals surface area contributed by atoms with Gasteiger partial charge >= 0.3 is 5.97 Å². The second-order valence-corrected chi connectivity index (χ2v) is 9.13. The molecule has 0 aliphatic heterocycles. The van der Waals surface area contributed by atoms with Crippen LogP contribution in [0, 0.1) is 0 Å². The van der Waals surface area contributed by atoms with Crippen LogP contribution >= 0.6 is 0 Å². The SMILES string of the molecule is CCCCCCCCCCCc1cnc(-c2ccc(OC(=O)CCCCCCC)cc2)cn1. The van der Waals surface area contributed by atoms with Crippen LogP contribution in [-0.4, -0.2) is 15.9 Å². The van der Waals surface area contributed by atoms with Gasteiger partial charge in [0, 0.05) is 18.2 Å². The molecule has 2 aromatic rings. The fraction of sp³-hybridized carbons (Fsp3) is 0.621. The number of carbonyl (C=O) groups excluding carboxylic acids is 1. The smallest absolute Gasteiger partial charge is 0.311 e. The van der Waals surface area contributed by atoms with Crippen molar-refractivity contribution in [2.45, 2.75) is 117 Å². The van der Waals surface area contributed by atoms with E-state index in [9.17, 15) is 4.79 Å². The number of hydrogen-bond donors (Lipinski definition) is 0. The third-order valence-electron chi connectivity index (χ3n) is 6.11. The van der Waals surface area contributed by atoms with Gasteiger partial charge in [0.05, 0.1) is 17.6 Å². The van der Waals surface area contributed by atoms with Crippen molar-refractivity contribution in [1.29, 1.82) is 0 Å². The zero-order valence-electron chi connectivity index (χ0n) is 21.0. The minimum absolute atomic E-state index is 0.153. The van der Waals surface area contributed by atoms with Gasteiger partial charge in [-0.15, -0.1) is 0 Å². The van der Waals surface area contributed by atoms with E-state index in [1.54, 1.807) is 0 Å². The normalized spacial score (nSPS) is 11.0. The summed E-state index contributed by atoms with van der Waals surface area (Å²) in [5.74, 6) is 0.437. The number of aromatic nitrogens is 2. The van der Waals surface area contributed by atoms with Crippen LogP contribution in [0.15, 0.2) is 36.7 Å². The summed E-state index contributed by atoms with van der Waals surface area (Å²) in [7, 11) is 0. The zero-order valence-corrected chi connectivity index (χ0v) is 21.0. The average molecular weight is 453 g/mol. The summed E-state index contributed by atoms with van der Waals surface area (Å²) >= 11 is 0. The van der Waals surface area contributed by atoms with Crippen LogP contribution in [0.4, 0.5) is 0 Å². The van der Waals surface area contributed by atoms with Crippen molar-refractivity contribution in [2.75, 3.05) is 0 Å². The fourth-order valence-corrected chi connectivity index (χ4v) is 4.00. The molecule has 0 amide bonds. The highest BCUT2D eigenvalue weighted by Gasteiger charge is 2.06. The third-order valence-corrected chi connectivity index (χ3v) is 6.11. The van der Waals surface area contributed by atoms with E-state index in [2.05, 4.69) is 23.8 Å². The Morgan fingerprint density at radius 2 is 1.27 bits per heavy atom. The molecule has 0 saturated carbocycles. The first-order chi connectivity index (χ1) is 16.2. The van der Waals surface area contributed by atoms with Gasteiger partial charge in [0.2, 0.25) is 0 Å². The number of benzene rings is 1. The van der Waals surface area contributed by atoms with Gasteiger partial charge in [0.25, 0.3) is 0 Å². The Morgan fingerprint density at radius 3 is 1.85 bits per heavy atom. The number of hydrogen-bond acceptors (Lipinski definition) is 4. The average Bonchev–Trinajstić information content (AvgIpc) is 2.84. The van der Waals surface area contributed by atoms with Crippen molar-refractivity contribution in [3.63, 3.8) is 0 Å². The van der Waals surface area contributed by atoms with Crippen LogP contribution in [0.5, 0.6) is 5.75 Å². The quantitative estimate of drug-likeness (QED) is 0.129. The molecule has 0 aliphatic carbocycles. The Labute approximate surface area is 201 Å². The summed E-state index contributed by atoms with van der Waals surface area (Å²) in [4.78, 5) is 21.2. The maximum atomic E-state index is 12.0. The largest absolute Gasteiger partial charge is 0.427 e. The van der Waals surface area contributed by atoms with Crippen molar-refractivity contribution in [1.82, 2.24) is 9.97 Å². The Bertz CT molecular complexity index is 756. The first-order valence-electron chi connectivity index (χ1n) is 13.3. The summed E-state index contributed by atoms with van der Waals surface area (Å²) in [6.07, 6.45) is 22.9. The summed E-state index contributed by atoms with van der Waals surface area (Å²) in [6, 6.07) is 7.55. The maximum absolute atomic E-state index is 12.0. The number of esters is 1. The number of carbonyl (C=O) groups is 1. The molecule has 33 heavy (non-hydrogen) atoms. The molecule has 0 saturated heterocycles. The van der Waals surface area contributed by atoms with E-state index in [4.69, 9.17) is 4.74 Å². The first kappa shape index (κ1) is 27.0. The third kappa shape index (κ3) is 12.0. The minimum atomic E-state index is -0.153. The van der Waals surface area contributed by atoms with E-state index >= 15 is 0 Å². The van der Waals surface area contributed by atoms with Gasteiger partial charge in [-0.1, -0.05) is 90.9 Å². The van der Waals surface area contributed by atoms with E-state index in [0.717, 1.165) is 36.2 Å². The summed E-state index contributed by atoms with van der Waals surface area (Å²) in [5.41, 5.74) is 2.89. The van der Waals surface area contributed by atoms with Crippen LogP contribution in [-0.2, 0) is 11.2 Å². The highest BCUT2D eigenvalue weighted by atomic mass is 16.5. The topological polar surface area (TPSA) is 52.1 Å². The van der Waals surface area contributed by atoms with Crippen molar-refractivity contribution in [2.24, 2.45) is 0 Å². The lowest BCUT2D eigenvalue weighted by Gasteiger charge is -2.06. The molecule has 4 nitrogen and oxygen atoms in total. The van der Waals surface area contributed by atoms with E-state index in [-0.39, 0.29) is 5.97 Å². The number of nitrogens with zero attached hydrogens (tertiary/aromatic N) is 2. The van der Waals surface area contributed by atoms with Crippen LogP contribution in [0.25, 0.3) is 11.3 Å². The second-order valence-electron chi connectivity index (χ2n) is 9.13. The van der Waals surface area contributed by atoms with Crippen molar-refractivity contribution in [3.8, 4) is 17.0 Å². The van der Waals surface area contributed by atoms with Crippen LogP contribution in [0.2, 0.25) is 0 Å². The monoisotopic (exact) mass is 452 g/mol. The van der Waals surface area contributed by atoms with Crippen molar-refractivity contribution in [3.05, 3.63) is 42.4 Å². The van der Waals surface area contributed by atoms with Crippen molar-refractivity contribution < 1.29 is 9.53 Å². The maximum Gasteiger partial charge on any atom is 0.311 e. The molecular weight excluding hydrogens is 408 g/mol. The molecule has 0 aliphatic rings. The van der Waals surface area contributed by atoms with Gasteiger partial charge < -0.3 is 4.74 Å². The molecular formula is C29H44N2O2. The standard InChI is InChI=1S/C29H44N2O2/c1-3-5-7-9-10-11-12-14-15-17-26-23-31-28(24-30-26)25-19-21-27(22-20-25)33-29(32)18-16-13-8-6-4-2/h19-24H,3-18H2,1-2H3. The van der Waals surface area contributed by atoms with Crippen LogP contribution in [0.1, 0.15) is 116 Å². The molecule has 0 radical (unpaired) electrons. The van der Waals surface area contributed by atoms with Gasteiger partial charge in [-0.05, 0) is 43.5 Å². The van der Waals surface area contributed by atoms with E-state index < -0.39 is 0 Å². The van der Waals surface area contributed by atoms with Crippen LogP contribution < -0.4 is 4.74 Å². The van der Waals surface area contributed by atoms with E-state index in [1.807, 2.05) is 36.7 Å². The predicted molar refractivity (Wildman–Crippen MR) is 137 cm³/mol. The lowest BCUT2D eigenvalue weighted by Crippen LogP contribution is -2.07. The van der Waals surface area contributed by atoms with Gasteiger partial charge in [-0.3, -0.25) is 14.8 Å². The molecule has 1 aromatic heterocycles. The molecule has 2 rings (SSSR count). The lowest BCUT2D eigenvalue weighted by atomic mass is 10.1. The molecule has 182 valence electrons. The lowest BCUT2D eigenvalue weighted by molar-refractivity contribution is -0.134. The van der Waals surface area contributed by atoms with Gasteiger partial charge in [0.1, 0.15) is 5.75 Å². The summed E-state index contributed by atoms with van der Waals surface area (Å²) < 4.78 is 5.45. The summed E-state index contributed by atoms with van der Waals surface area (Å²) in [5, 5.41) is 0. The van der Waals surface area contributed by atoms with Gasteiger partial charge in [-0.2, -0.15) is 0 Å². The molecule has 0 atom stereocenters. The Kier molecular flexibility index (Phi) is 14.1. The molecule has 0 unspecified atom stereocenters. The Morgan fingerprint density at radius 1 is 0.697 bits per heavy atom. The predicted octanol–water partition coefficient (Wildman–Crippen LogP) is 8.48. The highest BCUT2D eigenvalue weighted by molar-refractivity contribution is 5.72. The molecule has 0 bridgehead atoms. The van der Waals surface area contributed by atoms with Gasteiger partial charge in [0.15, 0.2) is 0 Å². The Balaban J connectivity index is 1.65. The molecule has 0 spiro atoms. The Hall–Kier alpha value is -2.23. The summed E-state index contributed by atoms with van der Waals surface area (Å²) in [6.45, 7) is 4.46. The minimum Gasteiger partial charge on any atom is -0.427 e. The second kappa shape index (κ2) is 17.3. The van der Waals surface area contributed by atoms with E-state index in [0.29, 0.717) is 12.2 Å². The molecule has 0 N–H and O–H groups in total. The molecule has 1 aromatic carbocycles. The molecule has 4 heteroatoms. The molecule has 1 heterocycles. The van der Waals surface area contributed by atoms with Crippen LogP contribution in [0.3, 0.4) is 0 Å². The first-order valence-corrected chi connectivity index (χ1v) is 13.3. The fourth-order valence-electron chi connectivity index (χ4n) is 4.00. The number of unbranched alkanes of at least 4 members (excludes halogenated alkanes) is 12. The molecule has 0 fully saturated rings. The number of ether oxygens (including phenoxy) is 1. The highest BCUT2D eigenvalue weighted by Crippen LogP contribution is 2.21. The van der Waals surface area contributed by atoms with E-state index in [1.165, 1.54) is 77.0 Å². The van der Waals surface area contributed by atoms with Gasteiger partial charge in [-0.25, -0.2) is 0 Å². The van der Waals surface area contributed by atoms with Crippen molar-refractivity contribution >= 4 is 5.97 Å². The zero-order chi connectivity index (χ0) is 23.6. The number of rotatable bonds is 18.